The average molecular weight is 131 g/mol. The summed E-state index contributed by atoms with van der Waals surface area (Å²) in [5, 5.41) is 2.01. The van der Waals surface area contributed by atoms with E-state index in [0.29, 0.717) is 6.42 Å². The first-order valence-corrected chi connectivity index (χ1v) is 3.42. The third kappa shape index (κ3) is 5.67. The Morgan fingerprint density at radius 3 is 2.75 bits per heavy atom. The fourth-order valence-electron chi connectivity index (χ4n) is 0.235. The summed E-state index contributed by atoms with van der Waals surface area (Å²) in [6, 6.07) is 0. The van der Waals surface area contributed by atoms with Crippen LogP contribution in [0.3, 0.4) is 0 Å². The van der Waals surface area contributed by atoms with Crippen molar-refractivity contribution in [3.8, 4) is 11.2 Å². The van der Waals surface area contributed by atoms with Crippen molar-refractivity contribution >= 4 is 11.1 Å². The van der Waals surface area contributed by atoms with Crippen LogP contribution in [0.1, 0.15) is 19.8 Å². The SMILES string of the molecule is CCCC#CS(=O)[O-]. The molecule has 1 unspecified atom stereocenters. The second-order valence-electron chi connectivity index (χ2n) is 1.26. The first kappa shape index (κ1) is 7.67. The number of unbranched alkanes of at least 4 members (excludes halogenated alkanes) is 1. The van der Waals surface area contributed by atoms with E-state index in [1.807, 2.05) is 12.2 Å². The van der Waals surface area contributed by atoms with E-state index in [1.165, 1.54) is 0 Å². The lowest BCUT2D eigenvalue weighted by Crippen LogP contribution is -1.76. The van der Waals surface area contributed by atoms with Crippen molar-refractivity contribution < 1.29 is 8.76 Å². The van der Waals surface area contributed by atoms with E-state index < -0.39 is 11.1 Å². The van der Waals surface area contributed by atoms with Crippen molar-refractivity contribution in [3.05, 3.63) is 0 Å². The van der Waals surface area contributed by atoms with Gasteiger partial charge in [0.2, 0.25) is 0 Å². The summed E-state index contributed by atoms with van der Waals surface area (Å²) in [5.41, 5.74) is 0. The Balaban J connectivity index is 3.35. The van der Waals surface area contributed by atoms with Gasteiger partial charge in [0, 0.05) is 17.5 Å². The normalized spacial score (nSPS) is 11.8. The molecule has 1 atom stereocenters. The van der Waals surface area contributed by atoms with Crippen LogP contribution in [0.4, 0.5) is 0 Å². The Kier molecular flexibility index (Phi) is 4.62. The van der Waals surface area contributed by atoms with Crippen molar-refractivity contribution in [1.29, 1.82) is 0 Å². The zero-order valence-corrected chi connectivity index (χ0v) is 5.46. The molecule has 0 heterocycles. The van der Waals surface area contributed by atoms with Crippen LogP contribution >= 0.6 is 0 Å². The molecule has 0 saturated heterocycles. The largest absolute Gasteiger partial charge is 0.762 e. The predicted octanol–water partition coefficient (Wildman–Crippen LogP) is 0.627. The molecule has 0 amide bonds. The van der Waals surface area contributed by atoms with Gasteiger partial charge in [-0.2, -0.15) is 0 Å². The fraction of sp³-hybridized carbons (Fsp3) is 0.600. The standard InChI is InChI=1S/C5H8O2S/c1-2-3-4-5-8(6)7/h2-3H2,1H3,(H,6,7)/p-1. The van der Waals surface area contributed by atoms with E-state index in [4.69, 9.17) is 0 Å². The lowest BCUT2D eigenvalue weighted by Gasteiger charge is -1.87. The molecule has 0 N–H and O–H groups in total. The van der Waals surface area contributed by atoms with Crippen molar-refractivity contribution in [3.63, 3.8) is 0 Å². The van der Waals surface area contributed by atoms with Gasteiger partial charge in [-0.1, -0.05) is 12.8 Å². The molecule has 0 aromatic heterocycles. The van der Waals surface area contributed by atoms with Gasteiger partial charge >= 0.3 is 0 Å². The second-order valence-corrected chi connectivity index (χ2v) is 1.94. The molecule has 0 radical (unpaired) electrons. The Bertz CT molecular complexity index is 131. The van der Waals surface area contributed by atoms with E-state index in [9.17, 15) is 8.76 Å². The monoisotopic (exact) mass is 131 g/mol. The second kappa shape index (κ2) is 4.82. The van der Waals surface area contributed by atoms with Crippen LogP contribution in [0.2, 0.25) is 0 Å². The summed E-state index contributed by atoms with van der Waals surface area (Å²) in [4.78, 5) is 0. The van der Waals surface area contributed by atoms with Crippen LogP contribution in [-0.2, 0) is 11.1 Å². The first-order chi connectivity index (χ1) is 3.77. The Hall–Kier alpha value is -0.330. The summed E-state index contributed by atoms with van der Waals surface area (Å²) < 4.78 is 19.4. The molecule has 3 heteroatoms. The molecule has 0 aromatic carbocycles. The maximum absolute atomic E-state index is 9.70. The van der Waals surface area contributed by atoms with Gasteiger partial charge < -0.3 is 4.55 Å². The molecule has 0 aliphatic carbocycles. The van der Waals surface area contributed by atoms with Crippen molar-refractivity contribution in [2.24, 2.45) is 0 Å². The molecule has 0 bridgehead atoms. The van der Waals surface area contributed by atoms with Crippen LogP contribution in [-0.4, -0.2) is 8.76 Å². The van der Waals surface area contributed by atoms with Gasteiger partial charge in [-0.15, -0.1) is 0 Å². The highest BCUT2D eigenvalue weighted by Crippen LogP contribution is 1.80. The van der Waals surface area contributed by atoms with Crippen LogP contribution in [0.25, 0.3) is 0 Å². The number of hydrogen-bond donors (Lipinski definition) is 0. The van der Waals surface area contributed by atoms with Crippen molar-refractivity contribution in [1.82, 2.24) is 0 Å². The summed E-state index contributed by atoms with van der Waals surface area (Å²) >= 11 is -2.18. The molecule has 0 spiro atoms. The van der Waals surface area contributed by atoms with Crippen LogP contribution in [0, 0.1) is 11.2 Å². The Morgan fingerprint density at radius 2 is 2.38 bits per heavy atom. The zero-order chi connectivity index (χ0) is 6.41. The van der Waals surface area contributed by atoms with E-state index in [1.54, 1.807) is 0 Å². The van der Waals surface area contributed by atoms with Crippen LogP contribution < -0.4 is 0 Å². The minimum Gasteiger partial charge on any atom is -0.762 e. The van der Waals surface area contributed by atoms with Gasteiger partial charge in [0.05, 0.1) is 0 Å². The summed E-state index contributed by atoms with van der Waals surface area (Å²) in [6.45, 7) is 1.95. The molecular weight excluding hydrogens is 124 g/mol. The van der Waals surface area contributed by atoms with Crippen LogP contribution in [0.15, 0.2) is 0 Å². The zero-order valence-electron chi connectivity index (χ0n) is 4.64. The minimum absolute atomic E-state index is 0.661. The topological polar surface area (TPSA) is 40.1 Å². The van der Waals surface area contributed by atoms with E-state index in [-0.39, 0.29) is 0 Å². The maximum Gasteiger partial charge on any atom is 0.0247 e. The molecular formula is C5H7O2S-. The highest BCUT2D eigenvalue weighted by atomic mass is 32.2. The number of rotatable bonds is 1. The first-order valence-electron chi connectivity index (χ1n) is 2.35. The Labute approximate surface area is 51.6 Å². The van der Waals surface area contributed by atoms with E-state index in [0.717, 1.165) is 6.42 Å². The average Bonchev–Trinajstić information content (AvgIpc) is 1.66. The minimum atomic E-state index is -2.18. The predicted molar refractivity (Wildman–Crippen MR) is 31.6 cm³/mol. The molecule has 0 aliphatic heterocycles. The van der Waals surface area contributed by atoms with Gasteiger partial charge in [-0.25, -0.2) is 0 Å². The van der Waals surface area contributed by atoms with Gasteiger partial charge in [0.25, 0.3) is 0 Å². The van der Waals surface area contributed by atoms with Crippen LogP contribution in [0.5, 0.6) is 0 Å². The quantitative estimate of drug-likeness (QED) is 0.386. The third-order valence-corrected chi connectivity index (χ3v) is 0.842. The number of hydrogen-bond acceptors (Lipinski definition) is 2. The summed E-state index contributed by atoms with van der Waals surface area (Å²) in [5.74, 6) is 2.47. The van der Waals surface area contributed by atoms with E-state index >= 15 is 0 Å². The lowest BCUT2D eigenvalue weighted by atomic mass is 10.4. The maximum atomic E-state index is 9.70. The van der Waals surface area contributed by atoms with Crippen molar-refractivity contribution in [2.45, 2.75) is 19.8 Å². The van der Waals surface area contributed by atoms with E-state index in [2.05, 4.69) is 5.92 Å². The van der Waals surface area contributed by atoms with Gasteiger partial charge in [0.15, 0.2) is 0 Å². The fourth-order valence-corrected chi connectivity index (χ4v) is 0.455. The highest BCUT2D eigenvalue weighted by Gasteiger charge is 1.68. The summed E-state index contributed by atoms with van der Waals surface area (Å²) in [7, 11) is 0. The smallest absolute Gasteiger partial charge is 0.0247 e. The van der Waals surface area contributed by atoms with Crippen molar-refractivity contribution in [2.75, 3.05) is 0 Å². The molecule has 0 rings (SSSR count). The highest BCUT2D eigenvalue weighted by molar-refractivity contribution is 7.84. The molecule has 0 fully saturated rings. The molecule has 46 valence electrons. The molecule has 0 aromatic rings. The van der Waals surface area contributed by atoms with Gasteiger partial charge in [0.1, 0.15) is 0 Å². The lowest BCUT2D eigenvalue weighted by molar-refractivity contribution is 0.548. The molecule has 8 heavy (non-hydrogen) atoms. The third-order valence-electron chi connectivity index (χ3n) is 0.531. The van der Waals surface area contributed by atoms with Gasteiger partial charge in [-0.05, 0) is 11.7 Å². The van der Waals surface area contributed by atoms with Gasteiger partial charge in [-0.3, -0.25) is 4.21 Å². The molecule has 0 aliphatic rings. The molecule has 2 nitrogen and oxygen atoms in total. The molecule has 0 saturated carbocycles. The summed E-state index contributed by atoms with van der Waals surface area (Å²) in [6.07, 6.45) is 1.57. The Morgan fingerprint density at radius 1 is 1.75 bits per heavy atom.